The summed E-state index contributed by atoms with van der Waals surface area (Å²) >= 11 is 11.6. The van der Waals surface area contributed by atoms with Crippen LogP contribution in [0.5, 0.6) is 0 Å². The monoisotopic (exact) mass is 255 g/mol. The van der Waals surface area contributed by atoms with E-state index in [1.165, 1.54) is 0 Å². The predicted molar refractivity (Wildman–Crippen MR) is 67.2 cm³/mol. The molecule has 0 radical (unpaired) electrons. The summed E-state index contributed by atoms with van der Waals surface area (Å²) in [5, 5.41) is 8.72. The number of nitrogens with one attached hydrogen (secondary N) is 1. The molecule has 1 N–H and O–H groups in total. The zero-order chi connectivity index (χ0) is 11.4. The maximum atomic E-state index is 5.87. The second-order valence-corrected chi connectivity index (χ2v) is 4.23. The fourth-order valence-corrected chi connectivity index (χ4v) is 1.72. The molecule has 0 spiro atoms. The van der Waals surface area contributed by atoms with Gasteiger partial charge in [-0.3, -0.25) is 4.68 Å². The summed E-state index contributed by atoms with van der Waals surface area (Å²) in [5.74, 6) is 0. The summed E-state index contributed by atoms with van der Waals surface area (Å²) in [6, 6.07) is 7.62. The molecule has 0 atom stereocenters. The van der Waals surface area contributed by atoms with E-state index in [2.05, 4.69) is 10.4 Å². The third-order valence-electron chi connectivity index (χ3n) is 2.10. The molecule has 3 nitrogen and oxygen atoms in total. The van der Waals surface area contributed by atoms with Gasteiger partial charge in [-0.05, 0) is 18.2 Å². The SMILES string of the molecule is Clc1cccc(NCCn2cc(Cl)cn2)c1. The van der Waals surface area contributed by atoms with Crippen molar-refractivity contribution in [1.82, 2.24) is 9.78 Å². The quantitative estimate of drug-likeness (QED) is 0.909. The highest BCUT2D eigenvalue weighted by Crippen LogP contribution is 2.14. The van der Waals surface area contributed by atoms with E-state index in [9.17, 15) is 0 Å². The normalized spacial score (nSPS) is 10.4. The van der Waals surface area contributed by atoms with Crippen LogP contribution in [0.3, 0.4) is 0 Å². The second kappa shape index (κ2) is 5.23. The second-order valence-electron chi connectivity index (χ2n) is 3.36. The number of benzene rings is 1. The zero-order valence-electron chi connectivity index (χ0n) is 8.53. The third-order valence-corrected chi connectivity index (χ3v) is 2.53. The maximum absolute atomic E-state index is 5.87. The topological polar surface area (TPSA) is 29.9 Å². The first-order chi connectivity index (χ1) is 7.74. The van der Waals surface area contributed by atoms with Gasteiger partial charge < -0.3 is 5.32 Å². The smallest absolute Gasteiger partial charge is 0.0785 e. The molecule has 84 valence electrons. The van der Waals surface area contributed by atoms with Gasteiger partial charge in [-0.1, -0.05) is 29.3 Å². The molecule has 16 heavy (non-hydrogen) atoms. The summed E-state index contributed by atoms with van der Waals surface area (Å²) in [6.45, 7) is 1.54. The average Bonchev–Trinajstić information content (AvgIpc) is 2.64. The maximum Gasteiger partial charge on any atom is 0.0785 e. The van der Waals surface area contributed by atoms with Crippen molar-refractivity contribution >= 4 is 28.9 Å². The van der Waals surface area contributed by atoms with E-state index in [1.54, 1.807) is 17.1 Å². The Balaban J connectivity index is 1.84. The lowest BCUT2D eigenvalue weighted by molar-refractivity contribution is 0.638. The van der Waals surface area contributed by atoms with Gasteiger partial charge in [-0.15, -0.1) is 0 Å². The molecule has 0 amide bonds. The van der Waals surface area contributed by atoms with Gasteiger partial charge in [0.15, 0.2) is 0 Å². The largest absolute Gasteiger partial charge is 0.383 e. The molecule has 0 aliphatic heterocycles. The standard InChI is InChI=1S/C11H11Cl2N3/c12-9-2-1-3-11(6-9)14-4-5-16-8-10(13)7-15-16/h1-3,6-8,14H,4-5H2. The van der Waals surface area contributed by atoms with Crippen LogP contribution in [-0.2, 0) is 6.54 Å². The van der Waals surface area contributed by atoms with Crippen LogP contribution in [0.15, 0.2) is 36.7 Å². The minimum Gasteiger partial charge on any atom is -0.383 e. The van der Waals surface area contributed by atoms with Crippen LogP contribution in [0.4, 0.5) is 5.69 Å². The molecular formula is C11H11Cl2N3. The van der Waals surface area contributed by atoms with E-state index < -0.39 is 0 Å². The molecule has 0 unspecified atom stereocenters. The fourth-order valence-electron chi connectivity index (χ4n) is 1.37. The average molecular weight is 256 g/mol. The van der Waals surface area contributed by atoms with Gasteiger partial charge in [0.2, 0.25) is 0 Å². The first-order valence-electron chi connectivity index (χ1n) is 4.91. The molecule has 2 aromatic rings. The van der Waals surface area contributed by atoms with Crippen LogP contribution >= 0.6 is 23.2 Å². The lowest BCUT2D eigenvalue weighted by Crippen LogP contribution is -2.10. The van der Waals surface area contributed by atoms with Gasteiger partial charge in [0.25, 0.3) is 0 Å². The Morgan fingerprint density at radius 2 is 2.12 bits per heavy atom. The number of hydrogen-bond acceptors (Lipinski definition) is 2. The summed E-state index contributed by atoms with van der Waals surface area (Å²) in [7, 11) is 0. The molecule has 2 rings (SSSR count). The number of nitrogens with zero attached hydrogens (tertiary/aromatic N) is 2. The Labute approximate surface area is 104 Å². The first kappa shape index (κ1) is 11.3. The molecule has 0 aliphatic carbocycles. The summed E-state index contributed by atoms with van der Waals surface area (Å²) in [4.78, 5) is 0. The number of halogens is 2. The van der Waals surface area contributed by atoms with Crippen LogP contribution < -0.4 is 5.32 Å². The number of anilines is 1. The van der Waals surface area contributed by atoms with E-state index in [-0.39, 0.29) is 0 Å². The lowest BCUT2D eigenvalue weighted by Gasteiger charge is -2.06. The zero-order valence-corrected chi connectivity index (χ0v) is 10.0. The number of aromatic nitrogens is 2. The van der Waals surface area contributed by atoms with Crippen molar-refractivity contribution in [3.8, 4) is 0 Å². The van der Waals surface area contributed by atoms with E-state index >= 15 is 0 Å². The molecule has 5 heteroatoms. The molecule has 1 heterocycles. The first-order valence-corrected chi connectivity index (χ1v) is 5.67. The summed E-state index contributed by atoms with van der Waals surface area (Å²) in [6.07, 6.45) is 3.42. The van der Waals surface area contributed by atoms with E-state index in [4.69, 9.17) is 23.2 Å². The molecule has 0 bridgehead atoms. The van der Waals surface area contributed by atoms with Crippen LogP contribution in [0.25, 0.3) is 0 Å². The fraction of sp³-hybridized carbons (Fsp3) is 0.182. The molecule has 1 aromatic heterocycles. The highest BCUT2D eigenvalue weighted by atomic mass is 35.5. The molecule has 0 fully saturated rings. The Kier molecular flexibility index (Phi) is 3.70. The highest BCUT2D eigenvalue weighted by molar-refractivity contribution is 6.30. The van der Waals surface area contributed by atoms with Crippen molar-refractivity contribution in [3.05, 3.63) is 46.7 Å². The minimum absolute atomic E-state index is 0.655. The van der Waals surface area contributed by atoms with Gasteiger partial charge in [-0.2, -0.15) is 5.10 Å². The number of hydrogen-bond donors (Lipinski definition) is 1. The van der Waals surface area contributed by atoms with Crippen molar-refractivity contribution in [2.75, 3.05) is 11.9 Å². The number of rotatable bonds is 4. The molecule has 1 aromatic carbocycles. The Hall–Kier alpha value is -1.19. The summed E-state index contributed by atoms with van der Waals surface area (Å²) in [5.41, 5.74) is 1.01. The van der Waals surface area contributed by atoms with Gasteiger partial charge in [0, 0.05) is 23.5 Å². The molecule has 0 saturated carbocycles. The van der Waals surface area contributed by atoms with Crippen LogP contribution in [-0.4, -0.2) is 16.3 Å². The van der Waals surface area contributed by atoms with Gasteiger partial charge in [-0.25, -0.2) is 0 Å². The van der Waals surface area contributed by atoms with Crippen molar-refractivity contribution in [2.45, 2.75) is 6.54 Å². The highest BCUT2D eigenvalue weighted by Gasteiger charge is 1.96. The van der Waals surface area contributed by atoms with E-state index in [0.717, 1.165) is 23.8 Å². The molecular weight excluding hydrogens is 245 g/mol. The van der Waals surface area contributed by atoms with Gasteiger partial charge in [0.05, 0.1) is 17.8 Å². The van der Waals surface area contributed by atoms with E-state index in [0.29, 0.717) is 5.02 Å². The van der Waals surface area contributed by atoms with Crippen molar-refractivity contribution in [2.24, 2.45) is 0 Å². The van der Waals surface area contributed by atoms with Crippen molar-refractivity contribution in [3.63, 3.8) is 0 Å². The van der Waals surface area contributed by atoms with Crippen molar-refractivity contribution < 1.29 is 0 Å². The van der Waals surface area contributed by atoms with Gasteiger partial charge in [0.1, 0.15) is 0 Å². The third kappa shape index (κ3) is 3.15. The van der Waals surface area contributed by atoms with E-state index in [1.807, 2.05) is 24.3 Å². The Morgan fingerprint density at radius 1 is 1.25 bits per heavy atom. The predicted octanol–water partition coefficient (Wildman–Crippen LogP) is 3.30. The lowest BCUT2D eigenvalue weighted by atomic mass is 10.3. The van der Waals surface area contributed by atoms with Crippen LogP contribution in [0, 0.1) is 0 Å². The minimum atomic E-state index is 0.655. The van der Waals surface area contributed by atoms with Crippen molar-refractivity contribution in [1.29, 1.82) is 0 Å². The Bertz CT molecular complexity index is 468. The Morgan fingerprint density at radius 3 is 2.81 bits per heavy atom. The van der Waals surface area contributed by atoms with Crippen LogP contribution in [0.1, 0.15) is 0 Å². The summed E-state index contributed by atoms with van der Waals surface area (Å²) < 4.78 is 1.79. The van der Waals surface area contributed by atoms with Gasteiger partial charge >= 0.3 is 0 Å². The molecule has 0 saturated heterocycles. The molecule has 0 aliphatic rings. The van der Waals surface area contributed by atoms with Crippen LogP contribution in [0.2, 0.25) is 10.0 Å².